The van der Waals surface area contributed by atoms with E-state index in [1.54, 1.807) is 4.90 Å². The van der Waals surface area contributed by atoms with Crippen molar-refractivity contribution in [1.29, 1.82) is 0 Å². The van der Waals surface area contributed by atoms with Crippen molar-refractivity contribution in [3.63, 3.8) is 0 Å². The van der Waals surface area contributed by atoms with Crippen LogP contribution in [0.4, 0.5) is 4.79 Å². The van der Waals surface area contributed by atoms with Gasteiger partial charge in [0.2, 0.25) is 0 Å². The SMILES string of the molecule is COC(=O)[C@H]1[C@H](C)CC[C@@H](CO[Si](c2ccccc2)(c2ccccc2)C(C)(C)C)N1C(=O)OCc1ccccc1. The summed E-state index contributed by atoms with van der Waals surface area (Å²) in [5.41, 5.74) is 0.885. The molecule has 1 aliphatic rings. The van der Waals surface area contributed by atoms with Gasteiger partial charge in [-0.05, 0) is 39.7 Å². The van der Waals surface area contributed by atoms with Gasteiger partial charge in [-0.1, -0.05) is 119 Å². The molecule has 0 spiro atoms. The molecular formula is C33H41NO5Si. The van der Waals surface area contributed by atoms with E-state index in [1.165, 1.54) is 17.5 Å². The summed E-state index contributed by atoms with van der Waals surface area (Å²) in [4.78, 5) is 28.3. The Labute approximate surface area is 239 Å². The van der Waals surface area contributed by atoms with Crippen molar-refractivity contribution in [3.05, 3.63) is 96.6 Å². The van der Waals surface area contributed by atoms with Gasteiger partial charge < -0.3 is 13.9 Å². The lowest BCUT2D eigenvalue weighted by Gasteiger charge is -2.47. The molecule has 0 aromatic heterocycles. The van der Waals surface area contributed by atoms with E-state index >= 15 is 0 Å². The van der Waals surface area contributed by atoms with Crippen LogP contribution in [0, 0.1) is 5.92 Å². The van der Waals surface area contributed by atoms with Crippen LogP contribution in [-0.2, 0) is 25.3 Å². The second kappa shape index (κ2) is 12.8. The highest BCUT2D eigenvalue weighted by Crippen LogP contribution is 2.38. The zero-order valence-electron chi connectivity index (χ0n) is 24.2. The number of likely N-dealkylation sites (tertiary alicyclic amines) is 1. The van der Waals surface area contributed by atoms with E-state index < -0.39 is 26.4 Å². The van der Waals surface area contributed by atoms with Gasteiger partial charge in [0, 0.05) is 0 Å². The van der Waals surface area contributed by atoms with Crippen LogP contribution in [0.5, 0.6) is 0 Å². The number of amides is 1. The Morgan fingerprint density at radius 2 is 1.38 bits per heavy atom. The Morgan fingerprint density at radius 1 is 0.850 bits per heavy atom. The number of nitrogens with zero attached hydrogens (tertiary/aromatic N) is 1. The molecule has 1 fully saturated rings. The molecule has 6 nitrogen and oxygen atoms in total. The normalized spacial score (nSPS) is 19.6. The third-order valence-electron chi connectivity index (χ3n) is 7.95. The van der Waals surface area contributed by atoms with E-state index in [2.05, 4.69) is 69.3 Å². The molecule has 4 rings (SSSR count). The van der Waals surface area contributed by atoms with Crippen LogP contribution < -0.4 is 10.4 Å². The van der Waals surface area contributed by atoms with Gasteiger partial charge in [-0.2, -0.15) is 0 Å². The molecule has 0 bridgehead atoms. The third-order valence-corrected chi connectivity index (χ3v) is 13.0. The Bertz CT molecular complexity index is 1210. The van der Waals surface area contributed by atoms with Gasteiger partial charge in [-0.15, -0.1) is 0 Å². The van der Waals surface area contributed by atoms with Crippen molar-refractivity contribution >= 4 is 30.8 Å². The molecule has 1 amide bonds. The van der Waals surface area contributed by atoms with E-state index in [9.17, 15) is 9.59 Å². The molecule has 0 unspecified atom stereocenters. The summed E-state index contributed by atoms with van der Waals surface area (Å²) in [5.74, 6) is -0.500. The van der Waals surface area contributed by atoms with Gasteiger partial charge >= 0.3 is 12.1 Å². The smallest absolute Gasteiger partial charge is 0.411 e. The van der Waals surface area contributed by atoms with Crippen LogP contribution in [0.2, 0.25) is 5.04 Å². The number of rotatable bonds is 8. The first-order chi connectivity index (χ1) is 19.2. The molecule has 1 saturated heterocycles. The first-order valence-corrected chi connectivity index (χ1v) is 15.9. The molecule has 3 aromatic rings. The number of hydrogen-bond acceptors (Lipinski definition) is 5. The zero-order valence-corrected chi connectivity index (χ0v) is 25.2. The standard InChI is InChI=1S/C33H41NO5Si/c1-25-21-22-27(34(30(25)31(35)37-5)32(36)38-23-26-15-9-6-10-16-26)24-39-40(33(2,3)4,28-17-11-7-12-18-28)29-19-13-8-14-20-29/h6-20,25,27,30H,21-24H2,1-5H3/t25-,27+,30-/m1/s1. The van der Waals surface area contributed by atoms with Crippen molar-refractivity contribution in [3.8, 4) is 0 Å². The number of ether oxygens (including phenoxy) is 2. The van der Waals surface area contributed by atoms with Crippen LogP contribution >= 0.6 is 0 Å². The van der Waals surface area contributed by atoms with E-state index in [0.717, 1.165) is 12.0 Å². The van der Waals surface area contributed by atoms with Gasteiger partial charge in [-0.3, -0.25) is 4.90 Å². The molecule has 7 heteroatoms. The average Bonchev–Trinajstić information content (AvgIpc) is 2.97. The van der Waals surface area contributed by atoms with E-state index in [-0.39, 0.29) is 30.2 Å². The number of esters is 1. The minimum Gasteiger partial charge on any atom is -0.467 e. The Hall–Kier alpha value is -3.42. The maximum absolute atomic E-state index is 13.7. The van der Waals surface area contributed by atoms with E-state index in [4.69, 9.17) is 13.9 Å². The quantitative estimate of drug-likeness (QED) is 0.268. The largest absolute Gasteiger partial charge is 0.467 e. The van der Waals surface area contributed by atoms with E-state index in [0.29, 0.717) is 6.42 Å². The summed E-state index contributed by atoms with van der Waals surface area (Å²) in [7, 11) is -1.47. The zero-order chi connectivity index (χ0) is 28.8. The van der Waals surface area contributed by atoms with Crippen molar-refractivity contribution in [1.82, 2.24) is 4.90 Å². The summed E-state index contributed by atoms with van der Waals surface area (Å²) < 4.78 is 18.1. The predicted molar refractivity (Wildman–Crippen MR) is 160 cm³/mol. The van der Waals surface area contributed by atoms with Crippen LogP contribution in [-0.4, -0.2) is 51.1 Å². The summed E-state index contributed by atoms with van der Waals surface area (Å²) in [6, 6.07) is 29.3. The predicted octanol–water partition coefficient (Wildman–Crippen LogP) is 5.54. The van der Waals surface area contributed by atoms with Gasteiger partial charge in [0.25, 0.3) is 8.32 Å². The van der Waals surface area contributed by atoms with Crippen molar-refractivity contribution in [2.75, 3.05) is 13.7 Å². The van der Waals surface area contributed by atoms with Gasteiger partial charge in [0.15, 0.2) is 0 Å². The highest BCUT2D eigenvalue weighted by molar-refractivity contribution is 6.99. The van der Waals surface area contributed by atoms with Gasteiger partial charge in [0.1, 0.15) is 12.6 Å². The first kappa shape index (κ1) is 29.6. The van der Waals surface area contributed by atoms with Crippen LogP contribution in [0.1, 0.15) is 46.1 Å². The highest BCUT2D eigenvalue weighted by Gasteiger charge is 2.52. The van der Waals surface area contributed by atoms with Gasteiger partial charge in [0.05, 0.1) is 19.8 Å². The molecule has 0 aliphatic carbocycles. The topological polar surface area (TPSA) is 65.1 Å². The van der Waals surface area contributed by atoms with Crippen molar-refractivity contribution in [2.24, 2.45) is 5.92 Å². The summed E-state index contributed by atoms with van der Waals surface area (Å²) in [6.45, 7) is 9.08. The molecule has 0 saturated carbocycles. The lowest BCUT2D eigenvalue weighted by atomic mass is 9.87. The molecule has 40 heavy (non-hydrogen) atoms. The Kier molecular flexibility index (Phi) is 9.48. The minimum absolute atomic E-state index is 0.0687. The number of carbonyl (C=O) groups is 2. The molecule has 0 N–H and O–H groups in total. The lowest BCUT2D eigenvalue weighted by Crippen LogP contribution is -2.68. The highest BCUT2D eigenvalue weighted by atomic mass is 28.4. The third kappa shape index (κ3) is 6.16. The fourth-order valence-electron chi connectivity index (χ4n) is 5.92. The molecular weight excluding hydrogens is 518 g/mol. The molecule has 0 radical (unpaired) electrons. The summed E-state index contributed by atoms with van der Waals surface area (Å²) in [5, 5.41) is 2.12. The van der Waals surface area contributed by atoms with E-state index in [1.807, 2.05) is 49.4 Å². The second-order valence-corrected chi connectivity index (χ2v) is 15.9. The molecule has 1 heterocycles. The fourth-order valence-corrected chi connectivity index (χ4v) is 10.5. The maximum atomic E-state index is 13.7. The lowest BCUT2D eigenvalue weighted by molar-refractivity contribution is -0.151. The van der Waals surface area contributed by atoms with Crippen molar-refractivity contribution in [2.45, 2.75) is 64.3 Å². The maximum Gasteiger partial charge on any atom is 0.411 e. The Morgan fingerprint density at radius 3 is 1.88 bits per heavy atom. The number of hydrogen-bond donors (Lipinski definition) is 0. The molecule has 212 valence electrons. The second-order valence-electron chi connectivity index (χ2n) is 11.6. The summed E-state index contributed by atoms with van der Waals surface area (Å²) >= 11 is 0. The number of carbonyl (C=O) groups excluding carboxylic acids is 2. The first-order valence-electron chi connectivity index (χ1n) is 14.0. The monoisotopic (exact) mass is 559 g/mol. The summed E-state index contributed by atoms with van der Waals surface area (Å²) in [6.07, 6.45) is 0.950. The van der Waals surface area contributed by atoms with Crippen molar-refractivity contribution < 1.29 is 23.5 Å². The molecule has 3 aromatic carbocycles. The molecule has 1 aliphatic heterocycles. The number of benzene rings is 3. The van der Waals surface area contributed by atoms with Crippen LogP contribution in [0.3, 0.4) is 0 Å². The minimum atomic E-state index is -2.84. The fraction of sp³-hybridized carbons (Fsp3) is 0.394. The van der Waals surface area contributed by atoms with Crippen LogP contribution in [0.25, 0.3) is 0 Å². The van der Waals surface area contributed by atoms with Gasteiger partial charge in [-0.25, -0.2) is 9.59 Å². The number of methoxy groups -OCH3 is 1. The van der Waals surface area contributed by atoms with Crippen LogP contribution in [0.15, 0.2) is 91.0 Å². The molecule has 3 atom stereocenters. The Balaban J connectivity index is 1.69. The average molecular weight is 560 g/mol. The number of piperidine rings is 1.